The van der Waals surface area contributed by atoms with Gasteiger partial charge in [-0.25, -0.2) is 0 Å². The van der Waals surface area contributed by atoms with Crippen LogP contribution in [0.3, 0.4) is 0 Å². The number of carbonyl (C=O) groups excluding carboxylic acids is 3. The molecule has 2 saturated heterocycles. The van der Waals surface area contributed by atoms with Crippen LogP contribution in [0, 0.1) is 5.41 Å². The molecule has 2 heterocycles. The van der Waals surface area contributed by atoms with Crippen LogP contribution in [0.4, 0.5) is 0 Å². The quantitative estimate of drug-likeness (QED) is 0.627. The number of piperazine rings is 1. The molecule has 160 valence electrons. The van der Waals surface area contributed by atoms with E-state index in [1.54, 1.807) is 12.0 Å². The summed E-state index contributed by atoms with van der Waals surface area (Å²) in [4.78, 5) is 43.3. The Morgan fingerprint density at radius 2 is 1.75 bits per heavy atom. The molecule has 1 unspecified atom stereocenters. The largest absolute Gasteiger partial charge is 0.385 e. The van der Waals surface area contributed by atoms with Gasteiger partial charge in [-0.15, -0.1) is 0 Å². The summed E-state index contributed by atoms with van der Waals surface area (Å²) in [5.41, 5.74) is -0.474. The molecule has 3 amide bonds. The first-order valence-corrected chi connectivity index (χ1v) is 10.3. The SMILES string of the molecule is COCCCNC(=O)CN1CCN(C(=O)C2CCCN2C(=O)C(C)(C)C)CC1. The van der Waals surface area contributed by atoms with E-state index in [4.69, 9.17) is 4.74 Å². The molecule has 0 radical (unpaired) electrons. The summed E-state index contributed by atoms with van der Waals surface area (Å²) in [7, 11) is 1.65. The Morgan fingerprint density at radius 1 is 1.07 bits per heavy atom. The van der Waals surface area contributed by atoms with Crippen molar-refractivity contribution < 1.29 is 19.1 Å². The summed E-state index contributed by atoms with van der Waals surface area (Å²) in [6.07, 6.45) is 2.42. The molecule has 1 N–H and O–H groups in total. The van der Waals surface area contributed by atoms with Gasteiger partial charge < -0.3 is 19.9 Å². The van der Waals surface area contributed by atoms with Gasteiger partial charge in [0.2, 0.25) is 17.7 Å². The number of nitrogens with zero attached hydrogens (tertiary/aromatic N) is 3. The topological polar surface area (TPSA) is 82.2 Å². The maximum atomic E-state index is 13.0. The minimum absolute atomic E-state index is 0.00798. The van der Waals surface area contributed by atoms with Gasteiger partial charge in [0.15, 0.2) is 0 Å². The number of ether oxygens (including phenoxy) is 1. The lowest BCUT2D eigenvalue weighted by Crippen LogP contribution is -2.56. The third-order valence-electron chi connectivity index (χ3n) is 5.34. The number of hydrogen-bond donors (Lipinski definition) is 1. The van der Waals surface area contributed by atoms with E-state index in [2.05, 4.69) is 10.2 Å². The Balaban J connectivity index is 1.78. The molecule has 0 saturated carbocycles. The molecular formula is C20H36N4O4. The first-order valence-electron chi connectivity index (χ1n) is 10.3. The molecule has 8 heteroatoms. The molecule has 2 rings (SSSR count). The molecule has 2 aliphatic heterocycles. The van der Waals surface area contributed by atoms with Gasteiger partial charge in [0.05, 0.1) is 6.54 Å². The van der Waals surface area contributed by atoms with E-state index in [0.717, 1.165) is 19.3 Å². The van der Waals surface area contributed by atoms with Gasteiger partial charge in [-0.3, -0.25) is 19.3 Å². The van der Waals surface area contributed by atoms with Crippen LogP contribution in [0.15, 0.2) is 0 Å². The Labute approximate surface area is 168 Å². The molecule has 0 spiro atoms. The molecule has 0 aliphatic carbocycles. The van der Waals surface area contributed by atoms with Crippen molar-refractivity contribution in [2.75, 3.05) is 59.5 Å². The lowest BCUT2D eigenvalue weighted by Gasteiger charge is -2.38. The zero-order chi connectivity index (χ0) is 20.7. The number of nitrogens with one attached hydrogen (secondary N) is 1. The summed E-state index contributed by atoms with van der Waals surface area (Å²) in [5.74, 6) is 0.111. The molecule has 28 heavy (non-hydrogen) atoms. The van der Waals surface area contributed by atoms with Gasteiger partial charge in [0, 0.05) is 58.4 Å². The lowest BCUT2D eigenvalue weighted by atomic mass is 9.94. The Hall–Kier alpha value is -1.67. The van der Waals surface area contributed by atoms with E-state index in [0.29, 0.717) is 52.4 Å². The highest BCUT2D eigenvalue weighted by molar-refractivity contribution is 5.90. The highest BCUT2D eigenvalue weighted by Crippen LogP contribution is 2.26. The standard InChI is InChI=1S/C20H36N4O4/c1-20(2,3)19(27)24-9-5-7-16(24)18(26)23-12-10-22(11-13-23)15-17(25)21-8-6-14-28-4/h16H,5-15H2,1-4H3,(H,21,25). The van der Waals surface area contributed by atoms with Crippen molar-refractivity contribution in [1.29, 1.82) is 0 Å². The van der Waals surface area contributed by atoms with Crippen LogP contribution in [0.25, 0.3) is 0 Å². The Morgan fingerprint density at radius 3 is 2.36 bits per heavy atom. The Kier molecular flexibility index (Phi) is 8.24. The molecule has 0 aromatic rings. The zero-order valence-corrected chi connectivity index (χ0v) is 17.8. The van der Waals surface area contributed by atoms with Crippen LogP contribution < -0.4 is 5.32 Å². The second kappa shape index (κ2) is 10.2. The molecule has 0 aromatic carbocycles. The van der Waals surface area contributed by atoms with Gasteiger partial charge >= 0.3 is 0 Å². The maximum absolute atomic E-state index is 13.0. The summed E-state index contributed by atoms with van der Waals surface area (Å²) in [5, 5.41) is 2.89. The highest BCUT2D eigenvalue weighted by atomic mass is 16.5. The van der Waals surface area contributed by atoms with E-state index in [1.807, 2.05) is 25.7 Å². The molecule has 0 aromatic heterocycles. The molecule has 8 nitrogen and oxygen atoms in total. The summed E-state index contributed by atoms with van der Waals surface area (Å²) < 4.78 is 4.97. The number of amides is 3. The molecule has 2 fully saturated rings. The van der Waals surface area contributed by atoms with Crippen LogP contribution in [0.5, 0.6) is 0 Å². The molecule has 2 aliphatic rings. The number of likely N-dealkylation sites (tertiary alicyclic amines) is 1. The van der Waals surface area contributed by atoms with Gasteiger partial charge in [-0.1, -0.05) is 20.8 Å². The highest BCUT2D eigenvalue weighted by Gasteiger charge is 2.40. The van der Waals surface area contributed by atoms with Gasteiger partial charge in [-0.2, -0.15) is 0 Å². The van der Waals surface area contributed by atoms with Crippen molar-refractivity contribution in [2.45, 2.75) is 46.1 Å². The minimum atomic E-state index is -0.474. The van der Waals surface area contributed by atoms with Crippen LogP contribution in [-0.2, 0) is 19.1 Å². The van der Waals surface area contributed by atoms with E-state index in [9.17, 15) is 14.4 Å². The van der Waals surface area contributed by atoms with E-state index >= 15 is 0 Å². The Bertz CT molecular complexity index is 553. The minimum Gasteiger partial charge on any atom is -0.385 e. The first-order chi connectivity index (χ1) is 13.2. The van der Waals surface area contributed by atoms with E-state index in [1.165, 1.54) is 0 Å². The summed E-state index contributed by atoms with van der Waals surface area (Å²) in [6.45, 7) is 10.5. The van der Waals surface area contributed by atoms with Crippen LogP contribution in [0.2, 0.25) is 0 Å². The van der Waals surface area contributed by atoms with Gasteiger partial charge in [0.25, 0.3) is 0 Å². The number of hydrogen-bond acceptors (Lipinski definition) is 5. The van der Waals surface area contributed by atoms with Crippen molar-refractivity contribution in [1.82, 2.24) is 20.0 Å². The van der Waals surface area contributed by atoms with Crippen LogP contribution in [-0.4, -0.2) is 98.0 Å². The maximum Gasteiger partial charge on any atom is 0.245 e. The van der Waals surface area contributed by atoms with Crippen molar-refractivity contribution in [3.63, 3.8) is 0 Å². The van der Waals surface area contributed by atoms with E-state index < -0.39 is 5.41 Å². The average Bonchev–Trinajstić information content (AvgIpc) is 3.13. The summed E-state index contributed by atoms with van der Waals surface area (Å²) >= 11 is 0. The predicted octanol–water partition coefficient (Wildman–Crippen LogP) is 0.320. The fraction of sp³-hybridized carbons (Fsp3) is 0.850. The smallest absolute Gasteiger partial charge is 0.245 e. The second-order valence-electron chi connectivity index (χ2n) is 8.70. The van der Waals surface area contributed by atoms with Gasteiger partial charge in [0.1, 0.15) is 6.04 Å². The molecule has 1 atom stereocenters. The van der Waals surface area contributed by atoms with Crippen molar-refractivity contribution in [3.8, 4) is 0 Å². The van der Waals surface area contributed by atoms with E-state index in [-0.39, 0.29) is 23.8 Å². The van der Waals surface area contributed by atoms with Gasteiger partial charge in [-0.05, 0) is 19.3 Å². The lowest BCUT2D eigenvalue weighted by molar-refractivity contribution is -0.149. The third-order valence-corrected chi connectivity index (χ3v) is 5.34. The monoisotopic (exact) mass is 396 g/mol. The number of methoxy groups -OCH3 is 1. The normalized spacial score (nSPS) is 21.1. The first kappa shape index (κ1) is 22.6. The van der Waals surface area contributed by atoms with Crippen LogP contribution in [0.1, 0.15) is 40.0 Å². The van der Waals surface area contributed by atoms with Crippen LogP contribution >= 0.6 is 0 Å². The second-order valence-corrected chi connectivity index (χ2v) is 8.70. The average molecular weight is 397 g/mol. The number of carbonyl (C=O) groups is 3. The third kappa shape index (κ3) is 6.17. The molecular weight excluding hydrogens is 360 g/mol. The number of rotatable bonds is 7. The fourth-order valence-corrected chi connectivity index (χ4v) is 3.74. The molecule has 0 bridgehead atoms. The predicted molar refractivity (Wildman–Crippen MR) is 107 cm³/mol. The van der Waals surface area contributed by atoms with Crippen molar-refractivity contribution in [3.05, 3.63) is 0 Å². The summed E-state index contributed by atoms with van der Waals surface area (Å²) in [6, 6.07) is -0.331. The fourth-order valence-electron chi connectivity index (χ4n) is 3.74. The zero-order valence-electron chi connectivity index (χ0n) is 17.8. The van der Waals surface area contributed by atoms with Crippen molar-refractivity contribution in [2.24, 2.45) is 5.41 Å². The van der Waals surface area contributed by atoms with Crippen molar-refractivity contribution >= 4 is 17.7 Å².